The molecule has 17 nitrogen and oxygen atoms in total. The molecule has 2 saturated carbocycles. The smallest absolute Gasteiger partial charge is 0.335 e. The Morgan fingerprint density at radius 3 is 2.17 bits per heavy atom. The predicted molar refractivity (Wildman–Crippen MR) is 207 cm³/mol. The van der Waals surface area contributed by atoms with Gasteiger partial charge in [0.25, 0.3) is 6.47 Å². The van der Waals surface area contributed by atoms with Gasteiger partial charge in [-0.05, 0) is 42.9 Å². The molecule has 3 fully saturated rings. The lowest BCUT2D eigenvalue weighted by Gasteiger charge is -2.62. The highest BCUT2D eigenvalue weighted by Crippen LogP contribution is 2.69. The van der Waals surface area contributed by atoms with Crippen LogP contribution in [0.1, 0.15) is 106 Å². The molecule has 2 aliphatic carbocycles. The molecule has 0 radical (unpaired) electrons. The number of esters is 6. The van der Waals surface area contributed by atoms with Crippen molar-refractivity contribution in [1.29, 1.82) is 0 Å². The van der Waals surface area contributed by atoms with Crippen LogP contribution in [-0.2, 0) is 66.7 Å². The van der Waals surface area contributed by atoms with Gasteiger partial charge in [0.15, 0.2) is 6.10 Å². The highest BCUT2D eigenvalue weighted by molar-refractivity contribution is 5.76. The van der Waals surface area contributed by atoms with E-state index in [1.807, 2.05) is 0 Å². The number of cyclic esters (lactones) is 1. The molecule has 0 spiro atoms. The maximum atomic E-state index is 14.1. The first-order chi connectivity index (χ1) is 28.0. The van der Waals surface area contributed by atoms with Gasteiger partial charge in [-0.1, -0.05) is 54.5 Å². The molecule has 17 heteroatoms. The standard InChI is InChI=1S/C43H60O17/c1-12-22(3)35(49)39(51)59-37-36(56-21-44)34(24(5)43(52)31(58-26(7)46)16-28(42(37,43)10)27-14-15-54-19-27)41(9)29(17-32(47)53-11)40(8,20-55-38(50)23(4)13-2)60-33(48)18-30(41)57-25(6)45/h14-15,19,21-23,28-31,34-37,49,52H,5,12-13,16-18,20H2,1-4,6-11H3/t22-,23+,28-,29+,30-,31+,34?,35+,36+,37-,40+,41+,42+,43+/m0/s1. The van der Waals surface area contributed by atoms with Crippen LogP contribution < -0.4 is 0 Å². The van der Waals surface area contributed by atoms with Crippen LogP contribution in [0.3, 0.4) is 0 Å². The number of aliphatic hydroxyl groups is 2. The molecule has 3 aliphatic rings. The van der Waals surface area contributed by atoms with E-state index in [2.05, 4.69) is 6.58 Å². The van der Waals surface area contributed by atoms with Crippen molar-refractivity contribution in [3.05, 3.63) is 36.3 Å². The minimum Gasteiger partial charge on any atom is -0.472 e. The van der Waals surface area contributed by atoms with Gasteiger partial charge in [0, 0.05) is 37.0 Å². The van der Waals surface area contributed by atoms with Gasteiger partial charge in [-0.15, -0.1) is 0 Å². The summed E-state index contributed by atoms with van der Waals surface area (Å²) in [6, 6.07) is 1.61. The van der Waals surface area contributed by atoms with E-state index in [0.717, 1.165) is 21.0 Å². The molecule has 4 rings (SSSR count). The zero-order valence-corrected chi connectivity index (χ0v) is 36.1. The molecular formula is C43H60O17. The fourth-order valence-corrected chi connectivity index (χ4v) is 9.99. The first kappa shape index (κ1) is 47.9. The lowest BCUT2D eigenvalue weighted by molar-refractivity contribution is -0.251. The lowest BCUT2D eigenvalue weighted by Crippen LogP contribution is -2.72. The summed E-state index contributed by atoms with van der Waals surface area (Å²) in [6.07, 6.45) is -6.00. The van der Waals surface area contributed by atoms with E-state index < -0.39 is 137 Å². The molecule has 334 valence electrons. The first-order valence-corrected chi connectivity index (χ1v) is 20.2. The van der Waals surface area contributed by atoms with Crippen LogP contribution in [0, 0.1) is 34.5 Å². The summed E-state index contributed by atoms with van der Waals surface area (Å²) in [5.41, 5.74) is -7.82. The molecule has 2 heterocycles. The number of aliphatic hydroxyl groups excluding tert-OH is 1. The summed E-state index contributed by atoms with van der Waals surface area (Å²) in [5.74, 6) is -10.3. The van der Waals surface area contributed by atoms with E-state index >= 15 is 0 Å². The van der Waals surface area contributed by atoms with Crippen molar-refractivity contribution in [1.82, 2.24) is 0 Å². The van der Waals surface area contributed by atoms with E-state index in [4.69, 9.17) is 37.6 Å². The summed E-state index contributed by atoms with van der Waals surface area (Å²) in [4.78, 5) is 93.4. The maximum Gasteiger partial charge on any atom is 0.335 e. The minimum atomic E-state index is -2.42. The van der Waals surface area contributed by atoms with Crippen LogP contribution in [0.4, 0.5) is 0 Å². The Bertz CT molecular complexity index is 1790. The Balaban J connectivity index is 2.16. The molecule has 0 bridgehead atoms. The summed E-state index contributed by atoms with van der Waals surface area (Å²) in [6.45, 7) is 17.3. The zero-order chi connectivity index (χ0) is 45.1. The summed E-state index contributed by atoms with van der Waals surface area (Å²) < 4.78 is 46.4. The molecule has 1 unspecified atom stereocenters. The highest BCUT2D eigenvalue weighted by Gasteiger charge is 2.78. The Labute approximate surface area is 349 Å². The van der Waals surface area contributed by atoms with E-state index in [1.54, 1.807) is 40.7 Å². The van der Waals surface area contributed by atoms with Crippen LogP contribution >= 0.6 is 0 Å². The Hall–Kier alpha value is -4.77. The number of methoxy groups -OCH3 is 1. The lowest BCUT2D eigenvalue weighted by atomic mass is 9.46. The zero-order valence-electron chi connectivity index (χ0n) is 36.1. The van der Waals surface area contributed by atoms with Gasteiger partial charge in [-0.25, -0.2) is 4.79 Å². The number of carbonyl (C=O) groups is 7. The molecule has 1 aliphatic heterocycles. The predicted octanol–water partition coefficient (Wildman–Crippen LogP) is 3.89. The van der Waals surface area contributed by atoms with Gasteiger partial charge in [0.05, 0.1) is 43.8 Å². The number of rotatable bonds is 16. The van der Waals surface area contributed by atoms with E-state index in [0.29, 0.717) is 18.4 Å². The number of furan rings is 1. The SMILES string of the molecule is C=C1C([C@@]2(C)[C@@H](OC(C)=O)CC(=O)O[C@](C)(COC(=O)[C@H](C)CC)[C@H]2CC(=O)OC)[C@@H](OC=O)[C@H](OC(=O)[C@H](O)[C@@H](C)CC)[C@@]2(C)[C@H](c3ccoc3)C[C@@H](OC(C)=O)[C@]12O. The number of hydrogen-bond donors (Lipinski definition) is 2. The Kier molecular flexibility index (Phi) is 14.7. The van der Waals surface area contributed by atoms with Crippen LogP contribution in [0.2, 0.25) is 0 Å². The first-order valence-electron chi connectivity index (χ1n) is 20.2. The molecule has 1 aromatic heterocycles. The minimum absolute atomic E-state index is 0.0843. The van der Waals surface area contributed by atoms with Crippen LogP contribution in [0.15, 0.2) is 35.2 Å². The van der Waals surface area contributed by atoms with Crippen molar-refractivity contribution in [2.24, 2.45) is 34.5 Å². The molecule has 0 aromatic carbocycles. The molecule has 14 atom stereocenters. The molecular weight excluding hydrogens is 788 g/mol. The van der Waals surface area contributed by atoms with Crippen molar-refractivity contribution in [3.8, 4) is 0 Å². The van der Waals surface area contributed by atoms with Crippen molar-refractivity contribution >= 4 is 42.3 Å². The normalized spacial score (nSPS) is 35.3. The summed E-state index contributed by atoms with van der Waals surface area (Å²) in [7, 11) is 1.12. The molecule has 60 heavy (non-hydrogen) atoms. The Morgan fingerprint density at radius 1 is 1.00 bits per heavy atom. The highest BCUT2D eigenvalue weighted by atomic mass is 16.6. The largest absolute Gasteiger partial charge is 0.472 e. The monoisotopic (exact) mass is 848 g/mol. The molecule has 1 aromatic rings. The third-order valence-corrected chi connectivity index (χ3v) is 13.7. The van der Waals surface area contributed by atoms with E-state index in [9.17, 15) is 43.8 Å². The summed E-state index contributed by atoms with van der Waals surface area (Å²) >= 11 is 0. The number of fused-ring (bicyclic) bond motifs is 1. The Morgan fingerprint density at radius 2 is 1.63 bits per heavy atom. The van der Waals surface area contributed by atoms with Gasteiger partial charge in [0.2, 0.25) is 0 Å². The second-order valence-corrected chi connectivity index (χ2v) is 17.1. The number of hydrogen-bond acceptors (Lipinski definition) is 17. The second-order valence-electron chi connectivity index (χ2n) is 17.1. The fourth-order valence-electron chi connectivity index (χ4n) is 9.99. The van der Waals surface area contributed by atoms with Crippen molar-refractivity contribution in [2.75, 3.05) is 13.7 Å². The van der Waals surface area contributed by atoms with Crippen molar-refractivity contribution < 1.29 is 81.4 Å². The quantitative estimate of drug-likeness (QED) is 0.104. The van der Waals surface area contributed by atoms with Gasteiger partial charge < -0.3 is 47.8 Å². The second kappa shape index (κ2) is 18.5. The van der Waals surface area contributed by atoms with Crippen molar-refractivity contribution in [2.45, 2.75) is 142 Å². The van der Waals surface area contributed by atoms with E-state index in [1.165, 1.54) is 26.4 Å². The molecule has 2 N–H and O–H groups in total. The third-order valence-electron chi connectivity index (χ3n) is 13.7. The number of carbonyl (C=O) groups excluding carboxylic acids is 7. The topological polar surface area (TPSA) is 238 Å². The maximum absolute atomic E-state index is 14.1. The van der Waals surface area contributed by atoms with Crippen LogP contribution in [0.5, 0.6) is 0 Å². The van der Waals surface area contributed by atoms with Gasteiger partial charge >= 0.3 is 35.8 Å². The fraction of sp³-hybridized carbons (Fsp3) is 0.698. The van der Waals surface area contributed by atoms with Crippen LogP contribution in [0.25, 0.3) is 0 Å². The van der Waals surface area contributed by atoms with Crippen molar-refractivity contribution in [3.63, 3.8) is 0 Å². The van der Waals surface area contributed by atoms with Crippen LogP contribution in [-0.4, -0.2) is 108 Å². The number of ether oxygens (including phenoxy) is 7. The van der Waals surface area contributed by atoms with E-state index in [-0.39, 0.29) is 18.5 Å². The molecule has 1 saturated heterocycles. The molecule has 0 amide bonds. The average Bonchev–Trinajstić information content (AvgIpc) is 3.79. The third kappa shape index (κ3) is 8.43. The van der Waals surface area contributed by atoms with Gasteiger partial charge in [-0.2, -0.15) is 0 Å². The average molecular weight is 849 g/mol. The van der Waals surface area contributed by atoms with Gasteiger partial charge in [0.1, 0.15) is 42.2 Å². The summed E-state index contributed by atoms with van der Waals surface area (Å²) in [5, 5.41) is 24.8. The van der Waals surface area contributed by atoms with Gasteiger partial charge in [-0.3, -0.25) is 28.8 Å².